The molecule has 2 rings (SSSR count). The lowest BCUT2D eigenvalue weighted by atomic mass is 9.92. The van der Waals surface area contributed by atoms with E-state index in [1.807, 2.05) is 0 Å². The van der Waals surface area contributed by atoms with E-state index >= 15 is 0 Å². The van der Waals surface area contributed by atoms with Gasteiger partial charge in [-0.3, -0.25) is 0 Å². The lowest BCUT2D eigenvalue weighted by molar-refractivity contribution is 0.371. The minimum absolute atomic E-state index is 0.898. The van der Waals surface area contributed by atoms with Crippen LogP contribution in [0.15, 0.2) is 0 Å². The van der Waals surface area contributed by atoms with Crippen LogP contribution in [0.1, 0.15) is 58.8 Å². The van der Waals surface area contributed by atoms with Gasteiger partial charge in [-0.1, -0.05) is 26.7 Å². The second-order valence-corrected chi connectivity index (χ2v) is 5.42. The Bertz CT molecular complexity index is 149. The molecule has 2 aliphatic carbocycles. The first kappa shape index (κ1) is 8.59. The van der Waals surface area contributed by atoms with Gasteiger partial charge in [-0.2, -0.15) is 0 Å². The zero-order valence-electron chi connectivity index (χ0n) is 8.60. The van der Waals surface area contributed by atoms with E-state index in [0.29, 0.717) is 0 Å². The normalized spacial score (nSPS) is 26.2. The third kappa shape index (κ3) is 1.84. The van der Waals surface area contributed by atoms with Crippen molar-refractivity contribution in [2.24, 2.45) is 17.3 Å². The molecule has 12 heavy (non-hydrogen) atoms. The van der Waals surface area contributed by atoms with Crippen LogP contribution in [0.4, 0.5) is 0 Å². The highest BCUT2D eigenvalue weighted by Gasteiger charge is 2.52. The minimum atomic E-state index is 0.898. The first-order chi connectivity index (χ1) is 5.73. The fourth-order valence-electron chi connectivity index (χ4n) is 2.58. The lowest BCUT2D eigenvalue weighted by Gasteiger charge is -2.14. The van der Waals surface area contributed by atoms with Gasteiger partial charge in [0.2, 0.25) is 0 Å². The number of hydrogen-bond donors (Lipinski definition) is 0. The monoisotopic (exact) mass is 166 g/mol. The summed E-state index contributed by atoms with van der Waals surface area (Å²) in [6.07, 6.45) is 10.7. The predicted molar refractivity (Wildman–Crippen MR) is 53.1 cm³/mol. The molecule has 2 aliphatic rings. The predicted octanol–water partition coefficient (Wildman–Crippen LogP) is 4.00. The van der Waals surface area contributed by atoms with Gasteiger partial charge in [0.05, 0.1) is 0 Å². The molecule has 0 radical (unpaired) electrons. The van der Waals surface area contributed by atoms with Gasteiger partial charge in [-0.05, 0) is 49.4 Å². The Labute approximate surface area is 76.7 Å². The van der Waals surface area contributed by atoms with Crippen molar-refractivity contribution in [3.8, 4) is 0 Å². The summed E-state index contributed by atoms with van der Waals surface area (Å²) in [5.41, 5.74) is 0.898. The third-order valence-electron chi connectivity index (χ3n) is 3.79. The molecule has 0 nitrogen and oxygen atoms in total. The van der Waals surface area contributed by atoms with Crippen LogP contribution >= 0.6 is 0 Å². The van der Waals surface area contributed by atoms with Crippen LogP contribution < -0.4 is 0 Å². The van der Waals surface area contributed by atoms with Crippen molar-refractivity contribution in [2.75, 3.05) is 0 Å². The molecule has 0 aromatic heterocycles. The van der Waals surface area contributed by atoms with Crippen molar-refractivity contribution >= 4 is 0 Å². The Morgan fingerprint density at radius 2 is 1.92 bits per heavy atom. The molecular weight excluding hydrogens is 144 g/mol. The van der Waals surface area contributed by atoms with Crippen LogP contribution in [0.5, 0.6) is 0 Å². The van der Waals surface area contributed by atoms with Crippen LogP contribution in [-0.2, 0) is 0 Å². The molecule has 0 bridgehead atoms. The highest BCUT2D eigenvalue weighted by molar-refractivity contribution is 5.03. The summed E-state index contributed by atoms with van der Waals surface area (Å²) in [5.74, 6) is 2.09. The molecule has 0 N–H and O–H groups in total. The Balaban J connectivity index is 1.65. The molecule has 0 heteroatoms. The molecule has 70 valence electrons. The van der Waals surface area contributed by atoms with E-state index in [2.05, 4.69) is 13.8 Å². The van der Waals surface area contributed by atoms with Crippen LogP contribution in [0.3, 0.4) is 0 Å². The van der Waals surface area contributed by atoms with Crippen LogP contribution in [-0.4, -0.2) is 0 Å². The average molecular weight is 166 g/mol. The lowest BCUT2D eigenvalue weighted by Crippen LogP contribution is -2.03. The van der Waals surface area contributed by atoms with E-state index < -0.39 is 0 Å². The molecule has 0 atom stereocenters. The van der Waals surface area contributed by atoms with Crippen molar-refractivity contribution in [1.82, 2.24) is 0 Å². The summed E-state index contributed by atoms with van der Waals surface area (Å²) in [4.78, 5) is 0. The maximum Gasteiger partial charge on any atom is -0.0269 e. The minimum Gasteiger partial charge on any atom is -0.0628 e. The average Bonchev–Trinajstić information content (AvgIpc) is 2.82. The van der Waals surface area contributed by atoms with Gasteiger partial charge in [0.15, 0.2) is 0 Å². The van der Waals surface area contributed by atoms with Crippen molar-refractivity contribution in [3.63, 3.8) is 0 Å². The molecule has 0 unspecified atom stereocenters. The SMILES string of the molecule is CC(C)CCCC1(C2CC2)CC1. The van der Waals surface area contributed by atoms with Crippen molar-refractivity contribution < 1.29 is 0 Å². The number of rotatable bonds is 5. The van der Waals surface area contributed by atoms with E-state index in [1.165, 1.54) is 18.8 Å². The van der Waals surface area contributed by atoms with E-state index in [9.17, 15) is 0 Å². The maximum atomic E-state index is 2.34. The van der Waals surface area contributed by atoms with Crippen molar-refractivity contribution in [3.05, 3.63) is 0 Å². The van der Waals surface area contributed by atoms with Gasteiger partial charge in [0, 0.05) is 0 Å². The molecule has 0 spiro atoms. The maximum absolute atomic E-state index is 2.34. The van der Waals surface area contributed by atoms with Crippen LogP contribution in [0.25, 0.3) is 0 Å². The van der Waals surface area contributed by atoms with Crippen LogP contribution in [0.2, 0.25) is 0 Å². The summed E-state index contributed by atoms with van der Waals surface area (Å²) >= 11 is 0. The summed E-state index contributed by atoms with van der Waals surface area (Å²) in [7, 11) is 0. The zero-order valence-corrected chi connectivity index (χ0v) is 8.60. The summed E-state index contributed by atoms with van der Waals surface area (Å²) < 4.78 is 0. The van der Waals surface area contributed by atoms with Gasteiger partial charge >= 0.3 is 0 Å². The Hall–Kier alpha value is 0. The van der Waals surface area contributed by atoms with Crippen molar-refractivity contribution in [2.45, 2.75) is 58.8 Å². The topological polar surface area (TPSA) is 0 Å². The second-order valence-electron chi connectivity index (χ2n) is 5.42. The summed E-state index contributed by atoms with van der Waals surface area (Å²) in [5, 5.41) is 0. The summed E-state index contributed by atoms with van der Waals surface area (Å²) in [6, 6.07) is 0. The first-order valence-corrected chi connectivity index (χ1v) is 5.73. The van der Waals surface area contributed by atoms with E-state index in [1.54, 1.807) is 32.1 Å². The Kier molecular flexibility index (Phi) is 2.18. The third-order valence-corrected chi connectivity index (χ3v) is 3.79. The largest absolute Gasteiger partial charge is 0.0628 e. The highest BCUT2D eigenvalue weighted by Crippen LogP contribution is 2.63. The zero-order chi connectivity index (χ0) is 8.60. The van der Waals surface area contributed by atoms with E-state index in [0.717, 1.165) is 11.3 Å². The van der Waals surface area contributed by atoms with E-state index in [4.69, 9.17) is 0 Å². The van der Waals surface area contributed by atoms with Gasteiger partial charge in [0.25, 0.3) is 0 Å². The molecule has 2 saturated carbocycles. The Morgan fingerprint density at radius 1 is 1.25 bits per heavy atom. The molecule has 0 amide bonds. The van der Waals surface area contributed by atoms with Crippen LogP contribution in [0, 0.1) is 17.3 Å². The van der Waals surface area contributed by atoms with Gasteiger partial charge in [-0.15, -0.1) is 0 Å². The quantitative estimate of drug-likeness (QED) is 0.579. The first-order valence-electron chi connectivity index (χ1n) is 5.73. The standard InChI is InChI=1S/C12H22/c1-10(2)4-3-7-12(8-9-12)11-5-6-11/h10-11H,3-9H2,1-2H3. The summed E-state index contributed by atoms with van der Waals surface area (Å²) in [6.45, 7) is 4.69. The smallest absolute Gasteiger partial charge is 0.0269 e. The van der Waals surface area contributed by atoms with Gasteiger partial charge in [-0.25, -0.2) is 0 Å². The van der Waals surface area contributed by atoms with E-state index in [-0.39, 0.29) is 0 Å². The number of hydrogen-bond acceptors (Lipinski definition) is 0. The van der Waals surface area contributed by atoms with Crippen molar-refractivity contribution in [1.29, 1.82) is 0 Å². The van der Waals surface area contributed by atoms with Gasteiger partial charge in [0.1, 0.15) is 0 Å². The molecule has 0 saturated heterocycles. The molecular formula is C12H22. The molecule has 0 heterocycles. The molecule has 0 aliphatic heterocycles. The molecule has 0 aromatic carbocycles. The molecule has 0 aromatic rings. The van der Waals surface area contributed by atoms with Gasteiger partial charge < -0.3 is 0 Å². The second kappa shape index (κ2) is 3.05. The fourth-order valence-corrected chi connectivity index (χ4v) is 2.58. The molecule has 2 fully saturated rings. The fraction of sp³-hybridized carbons (Fsp3) is 1.00. The highest BCUT2D eigenvalue weighted by atomic mass is 14.6. The Morgan fingerprint density at radius 3 is 2.33 bits per heavy atom.